The Morgan fingerprint density at radius 2 is 1.95 bits per heavy atom. The third-order valence-electron chi connectivity index (χ3n) is 3.61. The Labute approximate surface area is 133 Å². The van der Waals surface area contributed by atoms with Crippen molar-refractivity contribution < 1.29 is 13.2 Å². The van der Waals surface area contributed by atoms with Crippen LogP contribution in [0.1, 0.15) is 43.1 Å². The first kappa shape index (κ1) is 18.6. The second-order valence-electron chi connectivity index (χ2n) is 6.57. The van der Waals surface area contributed by atoms with Crippen molar-refractivity contribution in [3.05, 3.63) is 29.3 Å². The summed E-state index contributed by atoms with van der Waals surface area (Å²) in [5, 5.41) is 2.95. The highest BCUT2D eigenvalue weighted by atomic mass is 32.2. The van der Waals surface area contributed by atoms with Crippen LogP contribution in [0.4, 0.5) is 0 Å². The van der Waals surface area contributed by atoms with Crippen molar-refractivity contribution in [1.82, 2.24) is 5.32 Å². The molecule has 6 heteroatoms. The minimum Gasteiger partial charge on any atom is -0.346 e. The van der Waals surface area contributed by atoms with Crippen LogP contribution in [-0.4, -0.2) is 32.7 Å². The number of amides is 1. The summed E-state index contributed by atoms with van der Waals surface area (Å²) in [7, 11) is -3.35. The van der Waals surface area contributed by atoms with Crippen LogP contribution in [0.3, 0.4) is 0 Å². The summed E-state index contributed by atoms with van der Waals surface area (Å²) in [6, 6.07) is 4.58. The minimum atomic E-state index is -3.35. The first-order chi connectivity index (χ1) is 9.98. The van der Waals surface area contributed by atoms with Crippen LogP contribution in [0, 0.1) is 12.8 Å². The zero-order chi connectivity index (χ0) is 17.1. The van der Waals surface area contributed by atoms with Gasteiger partial charge in [-0.3, -0.25) is 4.79 Å². The van der Waals surface area contributed by atoms with Gasteiger partial charge in [0.15, 0.2) is 9.84 Å². The first-order valence-corrected chi connectivity index (χ1v) is 9.21. The normalized spacial score (nSPS) is 14.7. The smallest absolute Gasteiger partial charge is 0.252 e. The lowest BCUT2D eigenvalue weighted by Crippen LogP contribution is -2.52. The van der Waals surface area contributed by atoms with E-state index in [9.17, 15) is 13.2 Å². The molecular formula is C16H26N2O3S. The van der Waals surface area contributed by atoms with E-state index in [2.05, 4.69) is 19.2 Å². The van der Waals surface area contributed by atoms with Gasteiger partial charge < -0.3 is 11.1 Å². The summed E-state index contributed by atoms with van der Waals surface area (Å²) >= 11 is 0. The maximum Gasteiger partial charge on any atom is 0.252 e. The van der Waals surface area contributed by atoms with Crippen LogP contribution in [0.5, 0.6) is 0 Å². The second-order valence-corrected chi connectivity index (χ2v) is 8.58. The number of hydrogen-bond acceptors (Lipinski definition) is 4. The summed E-state index contributed by atoms with van der Waals surface area (Å²) in [4.78, 5) is 12.7. The zero-order valence-electron chi connectivity index (χ0n) is 13.9. The number of aryl methyl sites for hydroxylation is 1. The number of sulfone groups is 1. The number of rotatable bonds is 6. The largest absolute Gasteiger partial charge is 0.346 e. The van der Waals surface area contributed by atoms with E-state index in [0.29, 0.717) is 18.0 Å². The number of carbonyl (C=O) groups is 1. The molecule has 22 heavy (non-hydrogen) atoms. The lowest BCUT2D eigenvalue weighted by atomic mass is 9.90. The van der Waals surface area contributed by atoms with Crippen LogP contribution < -0.4 is 11.1 Å². The Morgan fingerprint density at radius 1 is 1.36 bits per heavy atom. The SMILES string of the molecule is Cc1ccc(S(C)(=O)=O)cc1C(=O)NC(C)(CN)CC(C)C. The molecule has 0 bridgehead atoms. The average molecular weight is 326 g/mol. The molecule has 0 aliphatic heterocycles. The van der Waals surface area contributed by atoms with Crippen molar-refractivity contribution in [2.24, 2.45) is 11.7 Å². The van der Waals surface area contributed by atoms with E-state index in [1.807, 2.05) is 6.92 Å². The fourth-order valence-corrected chi connectivity index (χ4v) is 3.15. The predicted octanol–water partition coefficient (Wildman–Crippen LogP) is 1.89. The molecule has 0 aliphatic rings. The van der Waals surface area contributed by atoms with E-state index in [-0.39, 0.29) is 10.8 Å². The van der Waals surface area contributed by atoms with Crippen molar-refractivity contribution in [3.8, 4) is 0 Å². The molecule has 0 radical (unpaired) electrons. The molecule has 1 aromatic carbocycles. The van der Waals surface area contributed by atoms with Gasteiger partial charge in [0.05, 0.1) is 4.90 Å². The van der Waals surface area contributed by atoms with Crippen molar-refractivity contribution in [2.45, 2.75) is 44.6 Å². The highest BCUT2D eigenvalue weighted by Crippen LogP contribution is 2.19. The monoisotopic (exact) mass is 326 g/mol. The minimum absolute atomic E-state index is 0.140. The summed E-state index contributed by atoms with van der Waals surface area (Å²) < 4.78 is 23.3. The van der Waals surface area contributed by atoms with Gasteiger partial charge in [0.25, 0.3) is 5.91 Å². The highest BCUT2D eigenvalue weighted by Gasteiger charge is 2.27. The molecule has 1 rings (SSSR count). The van der Waals surface area contributed by atoms with Gasteiger partial charge in [-0.1, -0.05) is 19.9 Å². The molecule has 0 fully saturated rings. The fourth-order valence-electron chi connectivity index (χ4n) is 2.50. The van der Waals surface area contributed by atoms with Gasteiger partial charge in [-0.2, -0.15) is 0 Å². The maximum atomic E-state index is 12.5. The van der Waals surface area contributed by atoms with Crippen LogP contribution in [0.15, 0.2) is 23.1 Å². The molecule has 1 atom stereocenters. The first-order valence-electron chi connectivity index (χ1n) is 7.32. The quantitative estimate of drug-likeness (QED) is 0.835. The van der Waals surface area contributed by atoms with E-state index in [1.165, 1.54) is 12.1 Å². The highest BCUT2D eigenvalue weighted by molar-refractivity contribution is 7.90. The van der Waals surface area contributed by atoms with Gasteiger partial charge in [0.1, 0.15) is 0 Å². The third-order valence-corrected chi connectivity index (χ3v) is 4.72. The number of benzene rings is 1. The molecule has 1 unspecified atom stereocenters. The van der Waals surface area contributed by atoms with E-state index >= 15 is 0 Å². The Balaban J connectivity index is 3.12. The van der Waals surface area contributed by atoms with Crippen molar-refractivity contribution in [1.29, 1.82) is 0 Å². The van der Waals surface area contributed by atoms with E-state index in [4.69, 9.17) is 5.73 Å². The molecule has 0 aromatic heterocycles. The molecule has 5 nitrogen and oxygen atoms in total. The molecule has 0 saturated carbocycles. The Morgan fingerprint density at radius 3 is 2.41 bits per heavy atom. The number of carbonyl (C=O) groups excluding carboxylic acids is 1. The number of nitrogens with two attached hydrogens (primary N) is 1. The average Bonchev–Trinajstić information content (AvgIpc) is 2.36. The molecule has 0 saturated heterocycles. The van der Waals surface area contributed by atoms with Crippen molar-refractivity contribution >= 4 is 15.7 Å². The van der Waals surface area contributed by atoms with Gasteiger partial charge >= 0.3 is 0 Å². The molecular weight excluding hydrogens is 300 g/mol. The predicted molar refractivity (Wildman–Crippen MR) is 88.7 cm³/mol. The van der Waals surface area contributed by atoms with Gasteiger partial charge in [0, 0.05) is 23.9 Å². The van der Waals surface area contributed by atoms with Crippen LogP contribution >= 0.6 is 0 Å². The Bertz CT molecular complexity index is 653. The molecule has 124 valence electrons. The zero-order valence-corrected chi connectivity index (χ0v) is 14.8. The lowest BCUT2D eigenvalue weighted by Gasteiger charge is -2.31. The van der Waals surface area contributed by atoms with E-state index in [1.54, 1.807) is 13.0 Å². The second kappa shape index (κ2) is 6.79. The summed E-state index contributed by atoms with van der Waals surface area (Å²) in [6.07, 6.45) is 1.88. The molecule has 0 spiro atoms. The summed E-state index contributed by atoms with van der Waals surface area (Å²) in [5.41, 5.74) is 6.39. The van der Waals surface area contributed by atoms with Gasteiger partial charge in [0.2, 0.25) is 0 Å². The molecule has 1 amide bonds. The standard InChI is InChI=1S/C16H26N2O3S/c1-11(2)9-16(4,10-17)18-15(19)14-8-13(22(5,20)21)7-6-12(14)3/h6-8,11H,9-10,17H2,1-5H3,(H,18,19). The molecule has 0 aliphatic carbocycles. The Kier molecular flexibility index (Phi) is 5.76. The van der Waals surface area contributed by atoms with Crippen LogP contribution in [0.25, 0.3) is 0 Å². The molecule has 0 heterocycles. The van der Waals surface area contributed by atoms with E-state index < -0.39 is 15.4 Å². The van der Waals surface area contributed by atoms with Gasteiger partial charge in [-0.05, 0) is 43.9 Å². The fraction of sp³-hybridized carbons (Fsp3) is 0.562. The van der Waals surface area contributed by atoms with Crippen molar-refractivity contribution in [3.63, 3.8) is 0 Å². The lowest BCUT2D eigenvalue weighted by molar-refractivity contribution is 0.0897. The third kappa shape index (κ3) is 4.81. The van der Waals surface area contributed by atoms with E-state index in [0.717, 1.165) is 18.2 Å². The summed E-state index contributed by atoms with van der Waals surface area (Å²) in [5.74, 6) is 0.0916. The van der Waals surface area contributed by atoms with Gasteiger partial charge in [-0.25, -0.2) is 8.42 Å². The number of nitrogens with one attached hydrogen (secondary N) is 1. The summed E-state index contributed by atoms with van der Waals surface area (Å²) in [6.45, 7) is 8.14. The topological polar surface area (TPSA) is 89.3 Å². The molecule has 1 aromatic rings. The van der Waals surface area contributed by atoms with Crippen molar-refractivity contribution in [2.75, 3.05) is 12.8 Å². The maximum absolute atomic E-state index is 12.5. The van der Waals surface area contributed by atoms with Gasteiger partial charge in [-0.15, -0.1) is 0 Å². The molecule has 3 N–H and O–H groups in total. The van der Waals surface area contributed by atoms with Crippen LogP contribution in [0.2, 0.25) is 0 Å². The number of hydrogen-bond donors (Lipinski definition) is 2. The van der Waals surface area contributed by atoms with Crippen LogP contribution in [-0.2, 0) is 9.84 Å². The Hall–Kier alpha value is -1.40.